The Kier molecular flexibility index (Phi) is 4.00. The molecule has 0 aromatic heterocycles. The molecule has 0 radical (unpaired) electrons. The molecule has 5 heteroatoms. The summed E-state index contributed by atoms with van der Waals surface area (Å²) in [7, 11) is 1.45. The van der Waals surface area contributed by atoms with Gasteiger partial charge in [-0.1, -0.05) is 6.07 Å². The largest absolute Gasteiger partial charge is 0.497 e. The predicted octanol–water partition coefficient (Wildman–Crippen LogP) is 0.426. The van der Waals surface area contributed by atoms with Gasteiger partial charge in [-0.25, -0.2) is 0 Å². The first-order valence-corrected chi connectivity index (χ1v) is 4.53. The average Bonchev–Trinajstić information content (AvgIpc) is 2.35. The summed E-state index contributed by atoms with van der Waals surface area (Å²) in [5.41, 5.74) is 0.381. The Morgan fingerprint density at radius 3 is 2.69 bits per heavy atom. The molecular formula is C11H11NO4. The summed E-state index contributed by atoms with van der Waals surface area (Å²) in [6, 6.07) is 5.90. The minimum Gasteiger partial charge on any atom is -0.497 e. The minimum absolute atomic E-state index is 0.182. The van der Waals surface area contributed by atoms with Crippen molar-refractivity contribution in [3.8, 4) is 11.8 Å². The van der Waals surface area contributed by atoms with Crippen LogP contribution in [0.1, 0.15) is 22.0 Å². The molecule has 0 heterocycles. The van der Waals surface area contributed by atoms with Gasteiger partial charge in [0.15, 0.2) is 12.4 Å². The van der Waals surface area contributed by atoms with Crippen LogP contribution < -0.4 is 4.74 Å². The second-order valence-corrected chi connectivity index (χ2v) is 3.13. The summed E-state index contributed by atoms with van der Waals surface area (Å²) >= 11 is 0. The Labute approximate surface area is 92.5 Å². The zero-order valence-corrected chi connectivity index (χ0v) is 8.62. The van der Waals surface area contributed by atoms with Gasteiger partial charge in [0.05, 0.1) is 13.2 Å². The molecule has 0 saturated carbocycles. The second kappa shape index (κ2) is 5.26. The molecule has 84 valence electrons. The van der Waals surface area contributed by atoms with E-state index in [0.29, 0.717) is 12.0 Å². The van der Waals surface area contributed by atoms with E-state index < -0.39 is 12.2 Å². The van der Waals surface area contributed by atoms with Crippen LogP contribution in [-0.2, 0) is 0 Å². The van der Waals surface area contributed by atoms with Crippen LogP contribution in [0.2, 0.25) is 0 Å². The van der Waals surface area contributed by atoms with E-state index in [9.17, 15) is 9.90 Å². The van der Waals surface area contributed by atoms with E-state index in [1.165, 1.54) is 31.4 Å². The molecule has 16 heavy (non-hydrogen) atoms. The molecule has 2 unspecified atom stereocenters. The Balaban J connectivity index is 3.14. The van der Waals surface area contributed by atoms with Crippen molar-refractivity contribution in [3.63, 3.8) is 0 Å². The third-order valence-electron chi connectivity index (χ3n) is 2.17. The number of nitrogens with zero attached hydrogens (tertiary/aromatic N) is 1. The lowest BCUT2D eigenvalue weighted by Gasteiger charge is -2.14. The molecule has 0 spiro atoms. The van der Waals surface area contributed by atoms with Crippen LogP contribution in [0.4, 0.5) is 0 Å². The molecule has 0 aliphatic carbocycles. The number of hydrogen-bond donors (Lipinski definition) is 2. The van der Waals surface area contributed by atoms with Crippen molar-refractivity contribution in [1.29, 1.82) is 5.26 Å². The van der Waals surface area contributed by atoms with Gasteiger partial charge in [0, 0.05) is 5.56 Å². The van der Waals surface area contributed by atoms with E-state index in [4.69, 9.17) is 15.1 Å². The van der Waals surface area contributed by atoms with Crippen molar-refractivity contribution in [1.82, 2.24) is 0 Å². The van der Waals surface area contributed by atoms with Crippen LogP contribution in [0.25, 0.3) is 0 Å². The number of aliphatic hydroxyl groups excluding tert-OH is 2. The fourth-order valence-electron chi connectivity index (χ4n) is 1.29. The summed E-state index contributed by atoms with van der Waals surface area (Å²) < 4.78 is 4.91. The number of carbonyl (C=O) groups is 1. The van der Waals surface area contributed by atoms with Gasteiger partial charge in [0.2, 0.25) is 0 Å². The highest BCUT2D eigenvalue weighted by atomic mass is 16.5. The Hall–Kier alpha value is -1.90. The smallest absolute Gasteiger partial charge is 0.170 e. The molecule has 0 saturated heterocycles. The zero-order valence-electron chi connectivity index (χ0n) is 8.62. The van der Waals surface area contributed by atoms with Crippen molar-refractivity contribution in [3.05, 3.63) is 29.3 Å². The first kappa shape index (κ1) is 12.2. The van der Waals surface area contributed by atoms with E-state index in [0.717, 1.165) is 0 Å². The van der Waals surface area contributed by atoms with Crippen molar-refractivity contribution in [2.24, 2.45) is 0 Å². The van der Waals surface area contributed by atoms with E-state index in [1.807, 2.05) is 0 Å². The number of methoxy groups -OCH3 is 1. The standard InChI is InChI=1S/C11H11NO4/c1-16-8-2-3-9(7(4-8)6-13)11(15)10(14)5-12/h2-4,6,10-11,14-15H,1H3. The maximum absolute atomic E-state index is 10.8. The molecule has 2 atom stereocenters. The Bertz CT molecular complexity index is 424. The maximum Gasteiger partial charge on any atom is 0.170 e. The molecule has 1 aromatic carbocycles. The summed E-state index contributed by atoms with van der Waals surface area (Å²) in [4.78, 5) is 10.8. The summed E-state index contributed by atoms with van der Waals surface area (Å²) in [6.07, 6.45) is -2.44. The van der Waals surface area contributed by atoms with E-state index in [2.05, 4.69) is 0 Å². The monoisotopic (exact) mass is 221 g/mol. The number of benzene rings is 1. The van der Waals surface area contributed by atoms with Gasteiger partial charge in [0.25, 0.3) is 0 Å². The number of aldehydes is 1. The van der Waals surface area contributed by atoms with E-state index in [1.54, 1.807) is 0 Å². The number of nitriles is 1. The normalized spacial score (nSPS) is 13.6. The van der Waals surface area contributed by atoms with Gasteiger partial charge >= 0.3 is 0 Å². The predicted molar refractivity (Wildman–Crippen MR) is 55.0 cm³/mol. The van der Waals surface area contributed by atoms with Gasteiger partial charge in [-0.3, -0.25) is 4.79 Å². The van der Waals surface area contributed by atoms with Gasteiger partial charge < -0.3 is 14.9 Å². The molecule has 2 N–H and O–H groups in total. The molecule has 1 rings (SSSR count). The van der Waals surface area contributed by atoms with Crippen molar-refractivity contribution in [2.45, 2.75) is 12.2 Å². The number of rotatable bonds is 4. The first-order valence-electron chi connectivity index (χ1n) is 4.53. The van der Waals surface area contributed by atoms with E-state index in [-0.39, 0.29) is 11.1 Å². The van der Waals surface area contributed by atoms with Crippen LogP contribution >= 0.6 is 0 Å². The fraction of sp³-hybridized carbons (Fsp3) is 0.273. The minimum atomic E-state index is -1.56. The topological polar surface area (TPSA) is 90.5 Å². The molecule has 0 amide bonds. The molecular weight excluding hydrogens is 210 g/mol. The lowest BCUT2D eigenvalue weighted by molar-refractivity contribution is 0.0522. The van der Waals surface area contributed by atoms with Crippen LogP contribution in [0.15, 0.2) is 18.2 Å². The third-order valence-corrected chi connectivity index (χ3v) is 2.17. The number of aliphatic hydroxyl groups is 2. The molecule has 0 bridgehead atoms. The zero-order chi connectivity index (χ0) is 12.1. The van der Waals surface area contributed by atoms with Gasteiger partial charge in [0.1, 0.15) is 11.9 Å². The SMILES string of the molecule is COc1ccc(C(O)C(O)C#N)c(C=O)c1. The van der Waals surface area contributed by atoms with Crippen LogP contribution in [-0.4, -0.2) is 29.7 Å². The van der Waals surface area contributed by atoms with Gasteiger partial charge in [-0.15, -0.1) is 0 Å². The highest BCUT2D eigenvalue weighted by molar-refractivity contribution is 5.78. The van der Waals surface area contributed by atoms with Gasteiger partial charge in [-0.05, 0) is 17.7 Å². The highest BCUT2D eigenvalue weighted by Crippen LogP contribution is 2.24. The van der Waals surface area contributed by atoms with Crippen molar-refractivity contribution < 1.29 is 19.7 Å². The lowest BCUT2D eigenvalue weighted by atomic mass is 9.99. The third kappa shape index (κ3) is 2.37. The number of carbonyl (C=O) groups excluding carboxylic acids is 1. The summed E-state index contributed by atoms with van der Waals surface area (Å²) in [5.74, 6) is 0.462. The van der Waals surface area contributed by atoms with E-state index >= 15 is 0 Å². The van der Waals surface area contributed by atoms with Crippen LogP contribution in [0.5, 0.6) is 5.75 Å². The van der Waals surface area contributed by atoms with Crippen molar-refractivity contribution in [2.75, 3.05) is 7.11 Å². The molecule has 0 aliphatic heterocycles. The number of hydrogen-bond acceptors (Lipinski definition) is 5. The summed E-state index contributed by atoms with van der Waals surface area (Å²) in [5, 5.41) is 27.2. The number of ether oxygens (including phenoxy) is 1. The molecule has 0 fully saturated rings. The van der Waals surface area contributed by atoms with Crippen LogP contribution in [0, 0.1) is 11.3 Å². The lowest BCUT2D eigenvalue weighted by Crippen LogP contribution is -2.17. The average molecular weight is 221 g/mol. The Morgan fingerprint density at radius 2 is 2.19 bits per heavy atom. The molecule has 1 aromatic rings. The highest BCUT2D eigenvalue weighted by Gasteiger charge is 2.20. The second-order valence-electron chi connectivity index (χ2n) is 3.13. The molecule has 5 nitrogen and oxygen atoms in total. The quantitative estimate of drug-likeness (QED) is 0.568. The molecule has 0 aliphatic rings. The van der Waals surface area contributed by atoms with Crippen LogP contribution in [0.3, 0.4) is 0 Å². The summed E-state index contributed by atoms with van der Waals surface area (Å²) in [6.45, 7) is 0. The fourth-order valence-corrected chi connectivity index (χ4v) is 1.29. The van der Waals surface area contributed by atoms with Gasteiger partial charge in [-0.2, -0.15) is 5.26 Å². The van der Waals surface area contributed by atoms with Crippen molar-refractivity contribution >= 4 is 6.29 Å². The Morgan fingerprint density at radius 1 is 1.50 bits per heavy atom. The maximum atomic E-state index is 10.8. The first-order chi connectivity index (χ1) is 7.63.